The third-order valence-electron chi connectivity index (χ3n) is 6.06. The first kappa shape index (κ1) is 24.5. The van der Waals surface area contributed by atoms with Crippen LogP contribution in [0.1, 0.15) is 35.7 Å². The van der Waals surface area contributed by atoms with E-state index in [4.69, 9.17) is 16.3 Å². The second kappa shape index (κ2) is 11.7. The number of amides is 2. The fourth-order valence-corrected chi connectivity index (χ4v) is 4.27. The average molecular weight is 493 g/mol. The van der Waals surface area contributed by atoms with Crippen molar-refractivity contribution in [3.05, 3.63) is 83.1 Å². The van der Waals surface area contributed by atoms with Gasteiger partial charge in [-0.1, -0.05) is 23.7 Å². The highest BCUT2D eigenvalue weighted by molar-refractivity contribution is 6.32. The molecule has 1 aliphatic heterocycles. The van der Waals surface area contributed by atoms with Crippen LogP contribution in [0.3, 0.4) is 0 Å². The second-order valence-electron chi connectivity index (χ2n) is 8.66. The number of piperidine rings is 1. The molecule has 0 unspecified atom stereocenters. The summed E-state index contributed by atoms with van der Waals surface area (Å²) in [6.07, 6.45) is 5.68. The molecule has 8 heteroatoms. The third kappa shape index (κ3) is 6.96. The maximum Gasteiger partial charge on any atom is 0.251 e. The number of anilines is 2. The molecule has 0 spiro atoms. The predicted octanol–water partition coefficient (Wildman–Crippen LogP) is 4.92. The fourth-order valence-electron chi connectivity index (χ4n) is 4.09. The third-order valence-corrected chi connectivity index (χ3v) is 6.37. The summed E-state index contributed by atoms with van der Waals surface area (Å²) in [6.45, 7) is 4.34. The van der Waals surface area contributed by atoms with E-state index in [-0.39, 0.29) is 11.8 Å². The quantitative estimate of drug-likeness (QED) is 0.466. The molecule has 4 rings (SSSR count). The molecule has 2 heterocycles. The van der Waals surface area contributed by atoms with Crippen LogP contribution in [0.5, 0.6) is 5.75 Å². The molecule has 0 radical (unpaired) electrons. The van der Waals surface area contributed by atoms with Crippen molar-refractivity contribution in [2.75, 3.05) is 29.9 Å². The maximum absolute atomic E-state index is 12.8. The molecule has 0 atom stereocenters. The molecule has 1 aromatic heterocycles. The molecule has 35 heavy (non-hydrogen) atoms. The van der Waals surface area contributed by atoms with Gasteiger partial charge in [-0.3, -0.25) is 14.6 Å². The summed E-state index contributed by atoms with van der Waals surface area (Å²) in [5.41, 5.74) is 3.35. The van der Waals surface area contributed by atoms with E-state index in [0.717, 1.165) is 37.2 Å². The summed E-state index contributed by atoms with van der Waals surface area (Å²) in [5, 5.41) is 6.24. The van der Waals surface area contributed by atoms with Crippen LogP contribution >= 0.6 is 11.6 Å². The fraction of sp³-hybridized carbons (Fsp3) is 0.296. The van der Waals surface area contributed by atoms with Crippen molar-refractivity contribution in [3.8, 4) is 5.75 Å². The van der Waals surface area contributed by atoms with Gasteiger partial charge in [-0.2, -0.15) is 0 Å². The van der Waals surface area contributed by atoms with Gasteiger partial charge in [-0.15, -0.1) is 0 Å². The molecule has 7 nitrogen and oxygen atoms in total. The Balaban J connectivity index is 1.27. The van der Waals surface area contributed by atoms with Gasteiger partial charge in [0.25, 0.3) is 5.91 Å². The number of carbonyl (C=O) groups is 2. The smallest absolute Gasteiger partial charge is 0.251 e. The van der Waals surface area contributed by atoms with Crippen molar-refractivity contribution in [1.29, 1.82) is 0 Å². The Morgan fingerprint density at radius 3 is 2.46 bits per heavy atom. The highest BCUT2D eigenvalue weighted by Gasteiger charge is 2.20. The molecule has 0 aliphatic carbocycles. The van der Waals surface area contributed by atoms with Crippen molar-refractivity contribution in [1.82, 2.24) is 10.3 Å². The van der Waals surface area contributed by atoms with E-state index < -0.39 is 0 Å². The monoisotopic (exact) mass is 492 g/mol. The minimum atomic E-state index is -0.136. The number of hydrogen-bond donors (Lipinski definition) is 2. The van der Waals surface area contributed by atoms with Gasteiger partial charge in [-0.05, 0) is 66.8 Å². The maximum atomic E-state index is 12.8. The Morgan fingerprint density at radius 1 is 1.06 bits per heavy atom. The number of nitrogens with zero attached hydrogens (tertiary/aromatic N) is 2. The van der Waals surface area contributed by atoms with E-state index in [1.165, 1.54) is 12.6 Å². The van der Waals surface area contributed by atoms with E-state index >= 15 is 0 Å². The predicted molar refractivity (Wildman–Crippen MR) is 138 cm³/mol. The molecule has 1 saturated heterocycles. The number of ether oxygens (including phenoxy) is 1. The number of halogens is 1. The highest BCUT2D eigenvalue weighted by Crippen LogP contribution is 2.27. The minimum absolute atomic E-state index is 0.119. The largest absolute Gasteiger partial charge is 0.487 e. The van der Waals surface area contributed by atoms with E-state index in [2.05, 4.69) is 20.5 Å². The first-order valence-corrected chi connectivity index (χ1v) is 12.1. The van der Waals surface area contributed by atoms with Crippen LogP contribution in [0.15, 0.2) is 67.0 Å². The molecule has 182 valence electrons. The van der Waals surface area contributed by atoms with Gasteiger partial charge in [-0.25, -0.2) is 0 Å². The van der Waals surface area contributed by atoms with Gasteiger partial charge in [0.1, 0.15) is 12.4 Å². The summed E-state index contributed by atoms with van der Waals surface area (Å²) in [7, 11) is 0. The standard InChI is InChI=1S/C27H29ClN4O3/c1-19(33)31-23-5-2-21(3-6-23)18-35-26-16-22(4-7-25(26)28)27(34)30-17-20-10-14-32(15-11-20)24-8-12-29-13-9-24/h2-9,12-13,16,20H,10-11,14-15,17-18H2,1H3,(H,30,34)(H,31,33). The summed E-state index contributed by atoms with van der Waals surface area (Å²) in [4.78, 5) is 30.4. The molecule has 0 saturated carbocycles. The Kier molecular flexibility index (Phi) is 8.21. The lowest BCUT2D eigenvalue weighted by Gasteiger charge is -2.33. The SMILES string of the molecule is CC(=O)Nc1ccc(COc2cc(C(=O)NCC3CCN(c4ccncc4)CC3)ccc2Cl)cc1. The Labute approximate surface area is 210 Å². The summed E-state index contributed by atoms with van der Waals surface area (Å²) in [5.74, 6) is 0.644. The molecule has 2 aromatic carbocycles. The van der Waals surface area contributed by atoms with Crippen molar-refractivity contribution < 1.29 is 14.3 Å². The molecular weight excluding hydrogens is 464 g/mol. The van der Waals surface area contributed by atoms with E-state index in [9.17, 15) is 9.59 Å². The van der Waals surface area contributed by atoms with Crippen LogP contribution < -0.4 is 20.3 Å². The Morgan fingerprint density at radius 2 is 1.77 bits per heavy atom. The molecular formula is C27H29ClN4O3. The zero-order valence-electron chi connectivity index (χ0n) is 19.7. The van der Waals surface area contributed by atoms with Gasteiger partial charge < -0.3 is 20.3 Å². The number of pyridine rings is 1. The molecule has 3 aromatic rings. The topological polar surface area (TPSA) is 83.6 Å². The summed E-state index contributed by atoms with van der Waals surface area (Å²) >= 11 is 6.30. The lowest BCUT2D eigenvalue weighted by atomic mass is 9.96. The highest BCUT2D eigenvalue weighted by atomic mass is 35.5. The first-order valence-electron chi connectivity index (χ1n) is 11.7. The Bertz CT molecular complexity index is 1150. The zero-order valence-corrected chi connectivity index (χ0v) is 20.4. The van der Waals surface area contributed by atoms with Gasteiger partial charge in [0.15, 0.2) is 0 Å². The number of nitrogens with one attached hydrogen (secondary N) is 2. The normalized spacial score (nSPS) is 13.8. The van der Waals surface area contributed by atoms with E-state index in [1.54, 1.807) is 18.2 Å². The lowest BCUT2D eigenvalue weighted by Crippen LogP contribution is -2.38. The van der Waals surface area contributed by atoms with Crippen LogP contribution in [0, 0.1) is 5.92 Å². The van der Waals surface area contributed by atoms with Crippen molar-refractivity contribution in [2.45, 2.75) is 26.4 Å². The number of benzene rings is 2. The summed E-state index contributed by atoms with van der Waals surface area (Å²) in [6, 6.07) is 16.5. The average Bonchev–Trinajstić information content (AvgIpc) is 2.88. The van der Waals surface area contributed by atoms with Crippen LogP contribution in [-0.2, 0) is 11.4 Å². The van der Waals surface area contributed by atoms with E-state index in [0.29, 0.717) is 35.4 Å². The number of rotatable bonds is 8. The second-order valence-corrected chi connectivity index (χ2v) is 9.07. The van der Waals surface area contributed by atoms with Gasteiger partial charge in [0, 0.05) is 55.9 Å². The number of carbonyl (C=O) groups excluding carboxylic acids is 2. The molecule has 1 fully saturated rings. The molecule has 2 amide bonds. The minimum Gasteiger partial charge on any atom is -0.487 e. The Hall–Kier alpha value is -3.58. The van der Waals surface area contributed by atoms with Gasteiger partial charge >= 0.3 is 0 Å². The van der Waals surface area contributed by atoms with Crippen LogP contribution in [-0.4, -0.2) is 36.4 Å². The van der Waals surface area contributed by atoms with E-state index in [1.807, 2.05) is 48.8 Å². The molecule has 1 aliphatic rings. The molecule has 2 N–H and O–H groups in total. The van der Waals surface area contributed by atoms with Gasteiger partial charge in [0.2, 0.25) is 5.91 Å². The molecule has 0 bridgehead atoms. The first-order chi connectivity index (χ1) is 17.0. The summed E-state index contributed by atoms with van der Waals surface area (Å²) < 4.78 is 5.87. The van der Waals surface area contributed by atoms with Crippen LogP contribution in [0.2, 0.25) is 5.02 Å². The van der Waals surface area contributed by atoms with Gasteiger partial charge in [0.05, 0.1) is 5.02 Å². The van der Waals surface area contributed by atoms with Crippen LogP contribution in [0.25, 0.3) is 0 Å². The number of aromatic nitrogens is 1. The number of hydrogen-bond acceptors (Lipinski definition) is 5. The van der Waals surface area contributed by atoms with Crippen LogP contribution in [0.4, 0.5) is 11.4 Å². The lowest BCUT2D eigenvalue weighted by molar-refractivity contribution is -0.114. The van der Waals surface area contributed by atoms with Crippen molar-refractivity contribution in [2.24, 2.45) is 5.92 Å². The van der Waals surface area contributed by atoms with Crippen molar-refractivity contribution >= 4 is 34.8 Å². The van der Waals surface area contributed by atoms with Crippen molar-refractivity contribution in [3.63, 3.8) is 0 Å². The zero-order chi connectivity index (χ0) is 24.6.